The van der Waals surface area contributed by atoms with Crippen molar-refractivity contribution in [1.82, 2.24) is 0 Å². The lowest BCUT2D eigenvalue weighted by atomic mass is 10.2. The number of rotatable bonds is 4. The topological polar surface area (TPSA) is 20.3 Å². The van der Waals surface area contributed by atoms with Gasteiger partial charge in [-0.15, -0.1) is 0 Å². The molecule has 0 bridgehead atoms. The fourth-order valence-electron chi connectivity index (χ4n) is 2.02. The summed E-state index contributed by atoms with van der Waals surface area (Å²) < 4.78 is 11.6. The SMILES string of the molecule is CC(C)([PH2]=O)N(c1ccccc1)c1ccccc1. The van der Waals surface area contributed by atoms with Crippen LogP contribution in [0.15, 0.2) is 60.7 Å². The summed E-state index contributed by atoms with van der Waals surface area (Å²) in [6.07, 6.45) is 0. The quantitative estimate of drug-likeness (QED) is 0.762. The highest BCUT2D eigenvalue weighted by atomic mass is 31.1. The predicted molar refractivity (Wildman–Crippen MR) is 79.5 cm³/mol. The lowest BCUT2D eigenvalue weighted by Crippen LogP contribution is -2.35. The Hall–Kier alpha value is -1.53. The van der Waals surface area contributed by atoms with Gasteiger partial charge in [0.1, 0.15) is 0 Å². The van der Waals surface area contributed by atoms with E-state index in [1.807, 2.05) is 74.5 Å². The van der Waals surface area contributed by atoms with E-state index in [4.69, 9.17) is 0 Å². The second-order valence-corrected chi connectivity index (χ2v) is 6.43. The zero-order valence-electron chi connectivity index (χ0n) is 10.7. The lowest BCUT2D eigenvalue weighted by Gasteiger charge is -2.36. The molecule has 0 fully saturated rings. The van der Waals surface area contributed by atoms with Crippen molar-refractivity contribution in [2.45, 2.75) is 19.1 Å². The maximum absolute atomic E-state index is 11.6. The van der Waals surface area contributed by atoms with Gasteiger partial charge >= 0.3 is 0 Å². The van der Waals surface area contributed by atoms with E-state index in [1.165, 1.54) is 0 Å². The molecule has 0 N–H and O–H groups in total. The first kappa shape index (κ1) is 12.9. The summed E-state index contributed by atoms with van der Waals surface area (Å²) in [5.41, 5.74) is 2.13. The molecule has 2 rings (SSSR count). The third-order valence-electron chi connectivity index (χ3n) is 2.89. The van der Waals surface area contributed by atoms with E-state index in [1.54, 1.807) is 0 Å². The van der Waals surface area contributed by atoms with E-state index in [9.17, 15) is 4.57 Å². The minimum atomic E-state index is -0.913. The first-order valence-corrected chi connectivity index (χ1v) is 7.07. The Labute approximate surface area is 109 Å². The Balaban J connectivity index is 2.52. The molecular formula is C15H18NOP. The van der Waals surface area contributed by atoms with Crippen molar-refractivity contribution >= 4 is 19.8 Å². The molecule has 0 aromatic heterocycles. The molecule has 18 heavy (non-hydrogen) atoms. The molecule has 0 aliphatic rings. The molecule has 0 heterocycles. The van der Waals surface area contributed by atoms with Crippen LogP contribution in [0.4, 0.5) is 11.4 Å². The highest BCUT2D eigenvalue weighted by Gasteiger charge is 2.26. The molecule has 2 aromatic carbocycles. The molecule has 0 saturated heterocycles. The van der Waals surface area contributed by atoms with Crippen LogP contribution >= 0.6 is 8.46 Å². The van der Waals surface area contributed by atoms with Gasteiger partial charge < -0.3 is 9.46 Å². The zero-order chi connectivity index (χ0) is 13.0. The van der Waals surface area contributed by atoms with Crippen LogP contribution in [0.25, 0.3) is 0 Å². The smallest absolute Gasteiger partial charge is 0.0886 e. The van der Waals surface area contributed by atoms with E-state index >= 15 is 0 Å². The van der Waals surface area contributed by atoms with Gasteiger partial charge in [0, 0.05) is 11.4 Å². The van der Waals surface area contributed by atoms with Gasteiger partial charge in [-0.3, -0.25) is 0 Å². The molecule has 0 saturated carbocycles. The van der Waals surface area contributed by atoms with Crippen LogP contribution in [0.1, 0.15) is 13.8 Å². The van der Waals surface area contributed by atoms with Crippen molar-refractivity contribution in [3.05, 3.63) is 60.7 Å². The van der Waals surface area contributed by atoms with Crippen molar-refractivity contribution < 1.29 is 4.57 Å². The summed E-state index contributed by atoms with van der Waals surface area (Å²) in [5, 5.41) is -0.372. The fourth-order valence-corrected chi connectivity index (χ4v) is 2.42. The molecule has 0 spiro atoms. The second-order valence-electron chi connectivity index (χ2n) is 4.78. The maximum atomic E-state index is 11.6. The van der Waals surface area contributed by atoms with E-state index < -0.39 is 8.46 Å². The molecule has 1 unspecified atom stereocenters. The molecule has 94 valence electrons. The van der Waals surface area contributed by atoms with E-state index in [-0.39, 0.29) is 5.28 Å². The summed E-state index contributed by atoms with van der Waals surface area (Å²) in [5.74, 6) is 0. The first-order chi connectivity index (χ1) is 8.65. The zero-order valence-corrected chi connectivity index (χ0v) is 11.9. The van der Waals surface area contributed by atoms with Crippen molar-refractivity contribution in [2.75, 3.05) is 4.90 Å². The van der Waals surface area contributed by atoms with Gasteiger partial charge in [0.05, 0.1) is 13.7 Å². The number of hydrogen-bond donors (Lipinski definition) is 0. The van der Waals surface area contributed by atoms with E-state index in [0.29, 0.717) is 0 Å². The van der Waals surface area contributed by atoms with Crippen LogP contribution < -0.4 is 4.90 Å². The summed E-state index contributed by atoms with van der Waals surface area (Å²) in [6, 6.07) is 20.2. The van der Waals surface area contributed by atoms with Crippen molar-refractivity contribution in [3.63, 3.8) is 0 Å². The summed E-state index contributed by atoms with van der Waals surface area (Å²) in [4.78, 5) is 2.13. The summed E-state index contributed by atoms with van der Waals surface area (Å²) in [6.45, 7) is 4.02. The molecule has 2 aromatic rings. The number of benzene rings is 2. The molecule has 0 radical (unpaired) electrons. The molecule has 0 amide bonds. The Kier molecular flexibility index (Phi) is 3.88. The molecule has 2 nitrogen and oxygen atoms in total. The van der Waals surface area contributed by atoms with Crippen molar-refractivity contribution in [3.8, 4) is 0 Å². The van der Waals surface area contributed by atoms with Crippen LogP contribution in [0.5, 0.6) is 0 Å². The van der Waals surface area contributed by atoms with Crippen LogP contribution in [0, 0.1) is 0 Å². The third-order valence-corrected chi connectivity index (χ3v) is 3.73. The lowest BCUT2D eigenvalue weighted by molar-refractivity contribution is 0.571. The van der Waals surface area contributed by atoms with Crippen LogP contribution in [0.2, 0.25) is 0 Å². The number of para-hydroxylation sites is 2. The van der Waals surface area contributed by atoms with Crippen LogP contribution in [-0.2, 0) is 4.57 Å². The van der Waals surface area contributed by atoms with E-state index in [0.717, 1.165) is 11.4 Å². The van der Waals surface area contributed by atoms with E-state index in [2.05, 4.69) is 4.90 Å². The van der Waals surface area contributed by atoms with Gasteiger partial charge in [-0.25, -0.2) is 0 Å². The largest absolute Gasteiger partial charge is 0.329 e. The molecule has 0 aliphatic carbocycles. The van der Waals surface area contributed by atoms with Gasteiger partial charge in [0.25, 0.3) is 0 Å². The second kappa shape index (κ2) is 5.41. The highest BCUT2D eigenvalue weighted by Crippen LogP contribution is 2.38. The van der Waals surface area contributed by atoms with Gasteiger partial charge in [-0.05, 0) is 38.1 Å². The number of nitrogens with zero attached hydrogens (tertiary/aromatic N) is 1. The molecule has 0 aliphatic heterocycles. The average Bonchev–Trinajstić information content (AvgIpc) is 2.41. The van der Waals surface area contributed by atoms with Gasteiger partial charge in [-0.1, -0.05) is 36.4 Å². The molecule has 3 heteroatoms. The first-order valence-electron chi connectivity index (χ1n) is 6.02. The van der Waals surface area contributed by atoms with Crippen molar-refractivity contribution in [2.24, 2.45) is 0 Å². The monoisotopic (exact) mass is 259 g/mol. The van der Waals surface area contributed by atoms with Gasteiger partial charge in [0.2, 0.25) is 0 Å². The molecule has 1 atom stereocenters. The summed E-state index contributed by atoms with van der Waals surface area (Å²) >= 11 is 0. The fraction of sp³-hybridized carbons (Fsp3) is 0.200. The number of anilines is 2. The highest BCUT2D eigenvalue weighted by molar-refractivity contribution is 7.26. The van der Waals surface area contributed by atoms with Crippen LogP contribution in [0.3, 0.4) is 0 Å². The summed E-state index contributed by atoms with van der Waals surface area (Å²) in [7, 11) is -0.913. The Bertz CT molecular complexity index is 471. The maximum Gasteiger partial charge on any atom is 0.0886 e. The van der Waals surface area contributed by atoms with Crippen LogP contribution in [-0.4, -0.2) is 5.28 Å². The van der Waals surface area contributed by atoms with Gasteiger partial charge in [0.15, 0.2) is 0 Å². The minimum Gasteiger partial charge on any atom is -0.329 e. The molecular weight excluding hydrogens is 241 g/mol. The van der Waals surface area contributed by atoms with Crippen molar-refractivity contribution in [1.29, 1.82) is 0 Å². The van der Waals surface area contributed by atoms with Gasteiger partial charge in [-0.2, -0.15) is 0 Å². The standard InChI is InChI=1S/C15H18NOP/c1-15(2,18-17)16(13-9-5-3-6-10-13)14-11-7-4-8-12-14/h3-12H,18H2,1-2H3. The Morgan fingerprint density at radius 2 is 1.22 bits per heavy atom. The predicted octanol–water partition coefficient (Wildman–Crippen LogP) is 4.32. The average molecular weight is 259 g/mol. The minimum absolute atomic E-state index is 0.372. The number of hydrogen-bond acceptors (Lipinski definition) is 2. The Morgan fingerprint density at radius 3 is 1.56 bits per heavy atom. The Morgan fingerprint density at radius 1 is 0.833 bits per heavy atom. The normalized spacial score (nSPS) is 11.9. The third kappa shape index (κ3) is 2.65.